The first-order valence-corrected chi connectivity index (χ1v) is 9.95. The molecule has 0 aromatic heterocycles. The number of carbonyl (C=O) groups excluding carboxylic acids is 1. The van der Waals surface area contributed by atoms with Crippen LogP contribution in [0.1, 0.15) is 5.56 Å². The number of amides is 1. The maximum absolute atomic E-state index is 13.3. The Labute approximate surface area is 130 Å². The molecule has 7 heteroatoms. The average Bonchev–Trinajstić information content (AvgIpc) is 2.82. The van der Waals surface area contributed by atoms with Gasteiger partial charge in [-0.3, -0.25) is 9.69 Å². The van der Waals surface area contributed by atoms with Crippen molar-refractivity contribution in [3.8, 4) is 5.75 Å². The Morgan fingerprint density at radius 2 is 2.09 bits per heavy atom. The van der Waals surface area contributed by atoms with Gasteiger partial charge in [0, 0.05) is 31.7 Å². The second-order valence-electron chi connectivity index (χ2n) is 6.10. The number of nitrogens with zero attached hydrogens (tertiary/aromatic N) is 2. The average molecular weight is 327 g/mol. The van der Waals surface area contributed by atoms with Crippen LogP contribution in [0.5, 0.6) is 5.75 Å². The van der Waals surface area contributed by atoms with E-state index in [0.29, 0.717) is 13.1 Å². The molecule has 1 amide bonds. The number of aliphatic hydroxyl groups excluding tert-OH is 1. The van der Waals surface area contributed by atoms with Gasteiger partial charge >= 0.3 is 0 Å². The Hall–Kier alpha value is -1.23. The molecule has 1 fully saturated rings. The molecule has 0 saturated carbocycles. The van der Waals surface area contributed by atoms with Crippen molar-refractivity contribution in [3.05, 3.63) is 29.6 Å². The minimum atomic E-state index is -1.63. The minimum absolute atomic E-state index is 0.208. The summed E-state index contributed by atoms with van der Waals surface area (Å²) >= 11 is 0. The van der Waals surface area contributed by atoms with Gasteiger partial charge in [0.05, 0.1) is 6.66 Å². The standard InChI is InChI=1S/C15H21FN2O3P/c1-22(10-12-8-13(16)2-3-14(12)21-22)11-17-4-6-18(7-5-17)15(20)9-19/h2-3,8,19H,4-7,9-11H2,1H3/q+1. The molecule has 2 aliphatic rings. The number of fused-ring (bicyclic) bond motifs is 1. The SMILES string of the molecule is C[P+]1(CN2CCN(C(=O)CO)CC2)Cc2cc(F)ccc2O1. The fourth-order valence-corrected chi connectivity index (χ4v) is 6.10. The Kier molecular flexibility index (Phi) is 4.35. The van der Waals surface area contributed by atoms with Gasteiger partial charge in [-0.1, -0.05) is 0 Å². The van der Waals surface area contributed by atoms with Crippen molar-refractivity contribution in [2.24, 2.45) is 0 Å². The first kappa shape index (κ1) is 15.7. The smallest absolute Gasteiger partial charge is 0.248 e. The van der Waals surface area contributed by atoms with Gasteiger partial charge in [0.2, 0.25) is 13.4 Å². The summed E-state index contributed by atoms with van der Waals surface area (Å²) in [5.41, 5.74) is 0.963. The minimum Gasteiger partial charge on any atom is -0.387 e. The van der Waals surface area contributed by atoms with E-state index in [1.165, 1.54) is 6.07 Å². The van der Waals surface area contributed by atoms with E-state index < -0.39 is 14.1 Å². The third-order valence-corrected chi connectivity index (χ3v) is 6.85. The molecule has 0 aliphatic carbocycles. The summed E-state index contributed by atoms with van der Waals surface area (Å²) in [4.78, 5) is 15.5. The quantitative estimate of drug-likeness (QED) is 0.852. The van der Waals surface area contributed by atoms with Crippen molar-refractivity contribution in [2.45, 2.75) is 6.16 Å². The zero-order valence-corrected chi connectivity index (χ0v) is 13.6. The summed E-state index contributed by atoms with van der Waals surface area (Å²) < 4.78 is 19.4. The highest BCUT2D eigenvalue weighted by Crippen LogP contribution is 2.65. The molecule has 1 atom stereocenters. The number of benzene rings is 1. The molecule has 3 rings (SSSR count). The lowest BCUT2D eigenvalue weighted by molar-refractivity contribution is -0.135. The second-order valence-corrected chi connectivity index (χ2v) is 9.47. The molecule has 2 heterocycles. The van der Waals surface area contributed by atoms with Crippen LogP contribution in [0.25, 0.3) is 0 Å². The van der Waals surface area contributed by atoms with E-state index >= 15 is 0 Å². The van der Waals surface area contributed by atoms with Crippen molar-refractivity contribution in [1.82, 2.24) is 9.80 Å². The third-order valence-electron chi connectivity index (χ3n) is 4.21. The number of carbonyl (C=O) groups is 1. The van der Waals surface area contributed by atoms with Crippen LogP contribution >= 0.6 is 7.49 Å². The van der Waals surface area contributed by atoms with Crippen LogP contribution < -0.4 is 4.52 Å². The molecular formula is C15H21FN2O3P+. The normalized spacial score (nSPS) is 25.0. The van der Waals surface area contributed by atoms with Gasteiger partial charge in [0.25, 0.3) is 0 Å². The fourth-order valence-electron chi connectivity index (χ4n) is 3.13. The molecular weight excluding hydrogens is 306 g/mol. The molecule has 5 nitrogen and oxygen atoms in total. The first-order chi connectivity index (χ1) is 10.5. The highest BCUT2D eigenvalue weighted by atomic mass is 31.2. The summed E-state index contributed by atoms with van der Waals surface area (Å²) in [6.45, 7) is 4.58. The lowest BCUT2D eigenvalue weighted by atomic mass is 10.2. The van der Waals surface area contributed by atoms with E-state index in [2.05, 4.69) is 11.6 Å². The Balaban J connectivity index is 1.58. The van der Waals surface area contributed by atoms with Gasteiger partial charge < -0.3 is 14.5 Å². The van der Waals surface area contributed by atoms with E-state index in [4.69, 9.17) is 9.63 Å². The van der Waals surface area contributed by atoms with E-state index in [1.807, 2.05) is 0 Å². The first-order valence-electron chi connectivity index (χ1n) is 7.43. The Morgan fingerprint density at radius 3 is 2.77 bits per heavy atom. The molecule has 1 N–H and O–H groups in total. The molecule has 0 bridgehead atoms. The van der Waals surface area contributed by atoms with Crippen LogP contribution in [-0.2, 0) is 11.0 Å². The van der Waals surface area contributed by atoms with Gasteiger partial charge in [-0.25, -0.2) is 4.39 Å². The monoisotopic (exact) mass is 327 g/mol. The summed E-state index contributed by atoms with van der Waals surface area (Å²) in [5.74, 6) is 0.388. The Morgan fingerprint density at radius 1 is 1.36 bits per heavy atom. The van der Waals surface area contributed by atoms with Gasteiger partial charge in [0.15, 0.2) is 5.75 Å². The number of rotatable bonds is 3. The lowest BCUT2D eigenvalue weighted by Gasteiger charge is -2.35. The van der Waals surface area contributed by atoms with E-state index in [9.17, 15) is 9.18 Å². The Bertz CT molecular complexity index is 578. The van der Waals surface area contributed by atoms with Crippen LogP contribution in [0, 0.1) is 5.82 Å². The summed E-state index contributed by atoms with van der Waals surface area (Å²) in [5, 5.41) is 8.90. The molecule has 120 valence electrons. The van der Waals surface area contributed by atoms with Crippen LogP contribution in [0.2, 0.25) is 0 Å². The van der Waals surface area contributed by atoms with E-state index in [0.717, 1.165) is 36.9 Å². The predicted molar refractivity (Wildman–Crippen MR) is 83.7 cm³/mol. The second kappa shape index (κ2) is 6.11. The molecule has 0 spiro atoms. The third kappa shape index (κ3) is 3.24. The van der Waals surface area contributed by atoms with Gasteiger partial charge in [-0.15, -0.1) is 0 Å². The molecule has 0 radical (unpaired) electrons. The van der Waals surface area contributed by atoms with Crippen molar-refractivity contribution in [3.63, 3.8) is 0 Å². The van der Waals surface area contributed by atoms with Crippen LogP contribution in [0.3, 0.4) is 0 Å². The van der Waals surface area contributed by atoms with Crippen LogP contribution in [-0.4, -0.2) is 66.6 Å². The largest absolute Gasteiger partial charge is 0.387 e. The van der Waals surface area contributed by atoms with Gasteiger partial charge in [-0.05, 0) is 18.2 Å². The highest BCUT2D eigenvalue weighted by Gasteiger charge is 2.45. The number of aliphatic hydroxyl groups is 1. The van der Waals surface area contributed by atoms with Crippen LogP contribution in [0.15, 0.2) is 18.2 Å². The lowest BCUT2D eigenvalue weighted by Crippen LogP contribution is -2.49. The number of piperazine rings is 1. The summed E-state index contributed by atoms with van der Waals surface area (Å²) in [7, 11) is -1.63. The molecule has 2 aliphatic heterocycles. The number of hydrogen-bond acceptors (Lipinski definition) is 4. The zero-order valence-electron chi connectivity index (χ0n) is 12.7. The summed E-state index contributed by atoms with van der Waals surface area (Å²) in [6.07, 6.45) is 1.65. The predicted octanol–water partition coefficient (Wildman–Crippen LogP) is 1.37. The highest BCUT2D eigenvalue weighted by molar-refractivity contribution is 7.70. The molecule has 1 unspecified atom stereocenters. The van der Waals surface area contributed by atoms with Crippen molar-refractivity contribution >= 4 is 13.4 Å². The zero-order chi connectivity index (χ0) is 15.7. The molecule has 1 saturated heterocycles. The van der Waals surface area contributed by atoms with Crippen LogP contribution in [0.4, 0.5) is 4.39 Å². The number of halogens is 1. The fraction of sp³-hybridized carbons (Fsp3) is 0.533. The number of hydrogen-bond donors (Lipinski definition) is 1. The maximum atomic E-state index is 13.3. The maximum Gasteiger partial charge on any atom is 0.248 e. The molecule has 1 aromatic carbocycles. The molecule has 1 aromatic rings. The topological polar surface area (TPSA) is 53.0 Å². The van der Waals surface area contributed by atoms with Crippen molar-refractivity contribution in [2.75, 3.05) is 45.7 Å². The van der Waals surface area contributed by atoms with Crippen molar-refractivity contribution in [1.29, 1.82) is 0 Å². The molecule has 22 heavy (non-hydrogen) atoms. The van der Waals surface area contributed by atoms with E-state index in [-0.39, 0.29) is 11.7 Å². The van der Waals surface area contributed by atoms with Gasteiger partial charge in [-0.2, -0.15) is 0 Å². The van der Waals surface area contributed by atoms with Crippen molar-refractivity contribution < 1.29 is 18.8 Å². The van der Waals surface area contributed by atoms with Gasteiger partial charge in [0.1, 0.15) is 24.9 Å². The summed E-state index contributed by atoms with van der Waals surface area (Å²) in [6, 6.07) is 4.72. The van der Waals surface area contributed by atoms with E-state index in [1.54, 1.807) is 17.0 Å².